The Balaban J connectivity index is 1.24. The van der Waals surface area contributed by atoms with Crippen molar-refractivity contribution in [3.63, 3.8) is 0 Å². The van der Waals surface area contributed by atoms with Crippen molar-refractivity contribution in [2.75, 3.05) is 31.5 Å². The van der Waals surface area contributed by atoms with E-state index in [1.807, 2.05) is 28.0 Å². The Morgan fingerprint density at radius 3 is 2.77 bits per heavy atom. The van der Waals surface area contributed by atoms with E-state index in [1.165, 1.54) is 0 Å². The van der Waals surface area contributed by atoms with Crippen LogP contribution in [0, 0.1) is 5.92 Å². The van der Waals surface area contributed by atoms with E-state index < -0.39 is 0 Å². The first kappa shape index (κ1) is 17.7. The number of carbonyl (C=O) groups is 2. The summed E-state index contributed by atoms with van der Waals surface area (Å²) in [5, 5.41) is 4.06. The van der Waals surface area contributed by atoms with Crippen LogP contribution in [0.15, 0.2) is 18.2 Å². The summed E-state index contributed by atoms with van der Waals surface area (Å²) in [4.78, 5) is 28.6. The molecular formula is C20H26ClN3O2. The Hall–Kier alpha value is -1.75. The molecule has 1 unspecified atom stereocenters. The second-order valence-corrected chi connectivity index (χ2v) is 8.18. The molecule has 1 atom stereocenters. The van der Waals surface area contributed by atoms with Crippen LogP contribution in [0.3, 0.4) is 0 Å². The highest BCUT2D eigenvalue weighted by atomic mass is 35.5. The van der Waals surface area contributed by atoms with Gasteiger partial charge in [0, 0.05) is 49.7 Å². The highest BCUT2D eigenvalue weighted by Gasteiger charge is 2.32. The van der Waals surface area contributed by atoms with Crippen molar-refractivity contribution in [1.82, 2.24) is 9.80 Å². The zero-order valence-electron chi connectivity index (χ0n) is 15.0. The molecule has 3 heterocycles. The fraction of sp³-hybridized carbons (Fsp3) is 0.600. The maximum absolute atomic E-state index is 12.8. The summed E-state index contributed by atoms with van der Waals surface area (Å²) in [6.07, 6.45) is 5.59. The van der Waals surface area contributed by atoms with Gasteiger partial charge in [0.2, 0.25) is 11.8 Å². The van der Waals surface area contributed by atoms with Crippen molar-refractivity contribution in [2.24, 2.45) is 5.92 Å². The third-order valence-electron chi connectivity index (χ3n) is 6.02. The van der Waals surface area contributed by atoms with Gasteiger partial charge in [-0.3, -0.25) is 9.59 Å². The van der Waals surface area contributed by atoms with Crippen LogP contribution in [0.4, 0.5) is 5.69 Å². The molecule has 0 radical (unpaired) electrons. The van der Waals surface area contributed by atoms with Crippen molar-refractivity contribution >= 4 is 29.1 Å². The summed E-state index contributed by atoms with van der Waals surface area (Å²) in [5.74, 6) is 1.13. The number of likely N-dealkylation sites (tertiary alicyclic amines) is 2. The lowest BCUT2D eigenvalue weighted by atomic mass is 9.93. The number of carbonyl (C=O) groups excluding carboxylic acids is 2. The standard InChI is InChI=1S/C20H26ClN3O2/c21-16-3-4-17-15(12-16)13-18(22-17)20(26)24-10-6-14(7-11-24)5-9-23-8-1-2-19(23)25/h3-4,12,14,18,22H,1-2,5-11,13H2. The summed E-state index contributed by atoms with van der Waals surface area (Å²) in [7, 11) is 0. The van der Waals surface area contributed by atoms with Gasteiger partial charge in [-0.2, -0.15) is 0 Å². The van der Waals surface area contributed by atoms with Gasteiger partial charge in [0.15, 0.2) is 0 Å². The van der Waals surface area contributed by atoms with Crippen LogP contribution in [-0.4, -0.2) is 53.8 Å². The number of amides is 2. The van der Waals surface area contributed by atoms with Crippen molar-refractivity contribution < 1.29 is 9.59 Å². The predicted molar refractivity (Wildman–Crippen MR) is 102 cm³/mol. The molecule has 0 aliphatic carbocycles. The number of nitrogens with zero attached hydrogens (tertiary/aromatic N) is 2. The molecule has 140 valence electrons. The molecule has 2 saturated heterocycles. The third kappa shape index (κ3) is 3.68. The Morgan fingerprint density at radius 2 is 2.04 bits per heavy atom. The monoisotopic (exact) mass is 375 g/mol. The summed E-state index contributed by atoms with van der Waals surface area (Å²) in [6, 6.07) is 5.60. The number of hydrogen-bond acceptors (Lipinski definition) is 3. The van der Waals surface area contributed by atoms with Gasteiger partial charge < -0.3 is 15.1 Å². The highest BCUT2D eigenvalue weighted by molar-refractivity contribution is 6.30. The van der Waals surface area contributed by atoms with E-state index in [0.29, 0.717) is 18.2 Å². The van der Waals surface area contributed by atoms with E-state index in [9.17, 15) is 9.59 Å². The Morgan fingerprint density at radius 1 is 1.23 bits per heavy atom. The zero-order valence-corrected chi connectivity index (χ0v) is 15.8. The number of piperidine rings is 1. The van der Waals surface area contributed by atoms with Gasteiger partial charge in [-0.15, -0.1) is 0 Å². The number of hydrogen-bond donors (Lipinski definition) is 1. The van der Waals surface area contributed by atoms with Gasteiger partial charge in [-0.1, -0.05) is 11.6 Å². The smallest absolute Gasteiger partial charge is 0.245 e. The van der Waals surface area contributed by atoms with Crippen molar-refractivity contribution in [1.29, 1.82) is 0 Å². The van der Waals surface area contributed by atoms with Crippen LogP contribution in [0.1, 0.15) is 37.7 Å². The van der Waals surface area contributed by atoms with Gasteiger partial charge in [-0.25, -0.2) is 0 Å². The number of anilines is 1. The SMILES string of the molecule is O=C1CCCN1CCC1CCN(C(=O)C2Cc3cc(Cl)ccc3N2)CC1. The van der Waals surface area contributed by atoms with Gasteiger partial charge >= 0.3 is 0 Å². The number of benzene rings is 1. The van der Waals surface area contributed by atoms with Crippen LogP contribution in [0.5, 0.6) is 0 Å². The second-order valence-electron chi connectivity index (χ2n) is 7.74. The normalized spacial score (nSPS) is 23.3. The number of fused-ring (bicyclic) bond motifs is 1. The number of nitrogens with one attached hydrogen (secondary N) is 1. The summed E-state index contributed by atoms with van der Waals surface area (Å²) in [6.45, 7) is 3.46. The van der Waals surface area contributed by atoms with Crippen molar-refractivity contribution in [2.45, 2.75) is 44.6 Å². The average Bonchev–Trinajstić information content (AvgIpc) is 3.25. The van der Waals surface area contributed by atoms with E-state index in [4.69, 9.17) is 11.6 Å². The molecule has 0 saturated carbocycles. The number of rotatable bonds is 4. The van der Waals surface area contributed by atoms with E-state index in [2.05, 4.69) is 5.32 Å². The van der Waals surface area contributed by atoms with E-state index in [0.717, 1.165) is 74.6 Å². The fourth-order valence-electron chi connectivity index (χ4n) is 4.42. The van der Waals surface area contributed by atoms with Crippen LogP contribution in [0.2, 0.25) is 5.02 Å². The molecule has 6 heteroatoms. The molecule has 5 nitrogen and oxygen atoms in total. The zero-order chi connectivity index (χ0) is 18.1. The molecular weight excluding hydrogens is 350 g/mol. The minimum atomic E-state index is -0.165. The van der Waals surface area contributed by atoms with E-state index in [1.54, 1.807) is 0 Å². The lowest BCUT2D eigenvalue weighted by Crippen LogP contribution is -2.46. The maximum atomic E-state index is 12.8. The first-order chi connectivity index (χ1) is 12.6. The second kappa shape index (κ2) is 7.47. The van der Waals surface area contributed by atoms with Crippen LogP contribution < -0.4 is 5.32 Å². The molecule has 3 aliphatic rings. The molecule has 1 aromatic carbocycles. The van der Waals surface area contributed by atoms with Crippen LogP contribution in [-0.2, 0) is 16.0 Å². The summed E-state index contributed by atoms with van der Waals surface area (Å²) in [5.41, 5.74) is 2.15. The Labute approximate surface area is 159 Å². The van der Waals surface area contributed by atoms with E-state index in [-0.39, 0.29) is 11.9 Å². The lowest BCUT2D eigenvalue weighted by Gasteiger charge is -2.34. The topological polar surface area (TPSA) is 52.7 Å². The molecule has 0 spiro atoms. The highest BCUT2D eigenvalue weighted by Crippen LogP contribution is 2.30. The van der Waals surface area contributed by atoms with Gasteiger partial charge in [0.25, 0.3) is 0 Å². The first-order valence-electron chi connectivity index (χ1n) is 9.71. The van der Waals surface area contributed by atoms with Gasteiger partial charge in [-0.05, 0) is 55.4 Å². The summed E-state index contributed by atoms with van der Waals surface area (Å²) < 4.78 is 0. The molecule has 2 fully saturated rings. The van der Waals surface area contributed by atoms with Crippen LogP contribution in [0.25, 0.3) is 0 Å². The predicted octanol–water partition coefficient (Wildman–Crippen LogP) is 2.93. The molecule has 0 aromatic heterocycles. The molecule has 0 bridgehead atoms. The number of halogens is 1. The van der Waals surface area contributed by atoms with Gasteiger partial charge in [0.1, 0.15) is 6.04 Å². The minimum absolute atomic E-state index is 0.165. The third-order valence-corrected chi connectivity index (χ3v) is 6.26. The molecule has 2 amide bonds. The first-order valence-corrected chi connectivity index (χ1v) is 10.1. The molecule has 1 N–H and O–H groups in total. The average molecular weight is 376 g/mol. The largest absolute Gasteiger partial charge is 0.373 e. The maximum Gasteiger partial charge on any atom is 0.245 e. The van der Waals surface area contributed by atoms with Crippen molar-refractivity contribution in [3.8, 4) is 0 Å². The van der Waals surface area contributed by atoms with E-state index >= 15 is 0 Å². The quantitative estimate of drug-likeness (QED) is 0.880. The Kier molecular flexibility index (Phi) is 5.07. The van der Waals surface area contributed by atoms with Crippen molar-refractivity contribution in [3.05, 3.63) is 28.8 Å². The minimum Gasteiger partial charge on any atom is -0.373 e. The molecule has 4 rings (SSSR count). The van der Waals surface area contributed by atoms with Gasteiger partial charge in [0.05, 0.1) is 0 Å². The fourth-order valence-corrected chi connectivity index (χ4v) is 4.62. The molecule has 3 aliphatic heterocycles. The Bertz CT molecular complexity index is 700. The lowest BCUT2D eigenvalue weighted by molar-refractivity contribution is -0.133. The molecule has 26 heavy (non-hydrogen) atoms. The molecule has 1 aromatic rings. The van der Waals surface area contributed by atoms with Crippen LogP contribution >= 0.6 is 11.6 Å². The summed E-state index contributed by atoms with van der Waals surface area (Å²) >= 11 is 6.05.